The number of nitrogens with one attached hydrogen (secondary N) is 1. The van der Waals surface area contributed by atoms with Crippen LogP contribution in [0.25, 0.3) is 0 Å². The number of imidazole rings is 1. The first kappa shape index (κ1) is 27.6. The number of hydrogen-bond donors (Lipinski definition) is 1. The summed E-state index contributed by atoms with van der Waals surface area (Å²) in [5, 5.41) is 2.83. The van der Waals surface area contributed by atoms with Crippen molar-refractivity contribution in [2.45, 2.75) is 43.4 Å². The van der Waals surface area contributed by atoms with Gasteiger partial charge in [-0.2, -0.15) is 17.5 Å². The Balaban J connectivity index is 1.58. The zero-order chi connectivity index (χ0) is 27.7. The molecule has 0 unspecified atom stereocenters. The maximum atomic E-state index is 13.5. The summed E-state index contributed by atoms with van der Waals surface area (Å²) in [6.07, 6.45) is -1.24. The largest absolute Gasteiger partial charge is 0.416 e. The predicted molar refractivity (Wildman–Crippen MR) is 137 cm³/mol. The number of anilines is 1. The number of nitrogens with zero attached hydrogens (tertiary/aromatic N) is 4. The molecule has 1 aliphatic rings. The van der Waals surface area contributed by atoms with Gasteiger partial charge in [-0.3, -0.25) is 4.79 Å². The SMILES string of the molecule is CC(C)c1ccc(CNC(=O)[C@H]2CN(c3nccn3C)CCN2S(=O)(=O)c2ccc(C(F)(F)F)cc2)cc1. The number of piperazine rings is 1. The molecular weight excluding hydrogens is 519 g/mol. The van der Waals surface area contributed by atoms with E-state index < -0.39 is 33.7 Å². The lowest BCUT2D eigenvalue weighted by Crippen LogP contribution is -2.60. The van der Waals surface area contributed by atoms with Crippen LogP contribution in [-0.2, 0) is 34.6 Å². The number of carbonyl (C=O) groups excluding carboxylic acids is 1. The van der Waals surface area contributed by atoms with Crippen molar-refractivity contribution in [1.82, 2.24) is 19.2 Å². The van der Waals surface area contributed by atoms with Crippen molar-refractivity contribution >= 4 is 21.9 Å². The fourth-order valence-corrected chi connectivity index (χ4v) is 5.96. The topological polar surface area (TPSA) is 87.5 Å². The molecule has 0 radical (unpaired) electrons. The molecule has 1 saturated heterocycles. The van der Waals surface area contributed by atoms with E-state index in [0.29, 0.717) is 11.9 Å². The van der Waals surface area contributed by atoms with Gasteiger partial charge in [0.2, 0.25) is 21.9 Å². The molecule has 8 nitrogen and oxygen atoms in total. The average molecular weight is 550 g/mol. The van der Waals surface area contributed by atoms with Crippen LogP contribution in [0.4, 0.5) is 19.1 Å². The lowest BCUT2D eigenvalue weighted by molar-refractivity contribution is -0.137. The molecule has 204 valence electrons. The van der Waals surface area contributed by atoms with Gasteiger partial charge in [0, 0.05) is 45.6 Å². The highest BCUT2D eigenvalue weighted by Crippen LogP contribution is 2.31. The highest BCUT2D eigenvalue weighted by Gasteiger charge is 2.41. The first-order valence-electron chi connectivity index (χ1n) is 12.2. The number of hydrogen-bond acceptors (Lipinski definition) is 5. The zero-order valence-corrected chi connectivity index (χ0v) is 22.1. The van der Waals surface area contributed by atoms with Crippen molar-refractivity contribution in [3.05, 3.63) is 77.6 Å². The molecule has 1 N–H and O–H groups in total. The van der Waals surface area contributed by atoms with Crippen molar-refractivity contribution in [3.8, 4) is 0 Å². The van der Waals surface area contributed by atoms with Crippen molar-refractivity contribution in [3.63, 3.8) is 0 Å². The third kappa shape index (κ3) is 5.86. The van der Waals surface area contributed by atoms with E-state index in [1.54, 1.807) is 24.0 Å². The zero-order valence-electron chi connectivity index (χ0n) is 21.3. The fraction of sp³-hybridized carbons (Fsp3) is 0.385. The summed E-state index contributed by atoms with van der Waals surface area (Å²) in [6, 6.07) is 9.97. The Labute approximate surface area is 220 Å². The summed E-state index contributed by atoms with van der Waals surface area (Å²) in [7, 11) is -2.47. The van der Waals surface area contributed by atoms with Gasteiger partial charge in [-0.05, 0) is 41.3 Å². The fourth-order valence-electron chi connectivity index (χ4n) is 4.39. The number of sulfonamides is 1. The van der Waals surface area contributed by atoms with Gasteiger partial charge in [0.05, 0.1) is 10.5 Å². The molecule has 1 aromatic heterocycles. The highest BCUT2D eigenvalue weighted by molar-refractivity contribution is 7.89. The summed E-state index contributed by atoms with van der Waals surface area (Å²) >= 11 is 0. The summed E-state index contributed by atoms with van der Waals surface area (Å²) in [6.45, 7) is 4.60. The van der Waals surface area contributed by atoms with Gasteiger partial charge in [-0.25, -0.2) is 13.4 Å². The summed E-state index contributed by atoms with van der Waals surface area (Å²) in [4.78, 5) is 19.2. The number of amides is 1. The molecule has 1 amide bonds. The number of benzene rings is 2. The molecule has 0 aliphatic carbocycles. The van der Waals surface area contributed by atoms with Crippen molar-refractivity contribution in [1.29, 1.82) is 0 Å². The molecule has 38 heavy (non-hydrogen) atoms. The van der Waals surface area contributed by atoms with Crippen LogP contribution in [0.3, 0.4) is 0 Å². The molecule has 3 aromatic rings. The Morgan fingerprint density at radius 1 is 1.08 bits per heavy atom. The van der Waals surface area contributed by atoms with E-state index in [1.807, 2.05) is 29.2 Å². The van der Waals surface area contributed by atoms with E-state index in [2.05, 4.69) is 24.1 Å². The third-order valence-electron chi connectivity index (χ3n) is 6.61. The van der Waals surface area contributed by atoms with Crippen molar-refractivity contribution < 1.29 is 26.4 Å². The number of aryl methyl sites for hydroxylation is 1. The van der Waals surface area contributed by atoms with Crippen LogP contribution >= 0.6 is 0 Å². The molecule has 12 heteroatoms. The van der Waals surface area contributed by atoms with Gasteiger partial charge < -0.3 is 14.8 Å². The molecule has 1 atom stereocenters. The Bertz CT molecular complexity index is 1370. The predicted octanol–water partition coefficient (Wildman–Crippen LogP) is 3.76. The van der Waals surface area contributed by atoms with Gasteiger partial charge in [-0.1, -0.05) is 38.1 Å². The van der Waals surface area contributed by atoms with Gasteiger partial charge >= 0.3 is 6.18 Å². The summed E-state index contributed by atoms with van der Waals surface area (Å²) in [5.41, 5.74) is 1.07. The number of halogens is 3. The molecule has 1 fully saturated rings. The second kappa shape index (κ2) is 10.8. The van der Waals surface area contributed by atoms with E-state index in [1.165, 1.54) is 0 Å². The minimum absolute atomic E-state index is 0.0306. The van der Waals surface area contributed by atoms with Crippen LogP contribution < -0.4 is 10.2 Å². The van der Waals surface area contributed by atoms with Crippen LogP contribution in [0, 0.1) is 0 Å². The minimum atomic E-state index is -4.59. The summed E-state index contributed by atoms with van der Waals surface area (Å²) in [5.74, 6) is 0.438. The first-order chi connectivity index (χ1) is 17.9. The molecule has 1 aliphatic heterocycles. The Morgan fingerprint density at radius 2 is 1.74 bits per heavy atom. The van der Waals surface area contributed by atoms with Crippen molar-refractivity contribution in [2.24, 2.45) is 7.05 Å². The number of alkyl halides is 3. The number of aromatic nitrogens is 2. The van der Waals surface area contributed by atoms with E-state index in [0.717, 1.165) is 39.7 Å². The van der Waals surface area contributed by atoms with Crippen LogP contribution in [0.15, 0.2) is 65.8 Å². The molecule has 2 heterocycles. The Morgan fingerprint density at radius 3 is 2.29 bits per heavy atom. The first-order valence-corrected chi connectivity index (χ1v) is 13.6. The van der Waals surface area contributed by atoms with Gasteiger partial charge in [0.1, 0.15) is 6.04 Å². The molecule has 2 aromatic carbocycles. The van der Waals surface area contributed by atoms with E-state index in [9.17, 15) is 26.4 Å². The second-order valence-corrected chi connectivity index (χ2v) is 11.4. The maximum absolute atomic E-state index is 13.5. The van der Waals surface area contributed by atoms with Crippen LogP contribution in [0.2, 0.25) is 0 Å². The van der Waals surface area contributed by atoms with Crippen LogP contribution in [-0.4, -0.2) is 53.9 Å². The molecular formula is C26H30F3N5O3S. The summed E-state index contributed by atoms with van der Waals surface area (Å²) < 4.78 is 68.9. The lowest BCUT2D eigenvalue weighted by Gasteiger charge is -2.40. The highest BCUT2D eigenvalue weighted by atomic mass is 32.2. The monoisotopic (exact) mass is 549 g/mol. The normalized spacial score (nSPS) is 17.1. The smallest absolute Gasteiger partial charge is 0.351 e. The van der Waals surface area contributed by atoms with Crippen molar-refractivity contribution in [2.75, 3.05) is 24.5 Å². The van der Waals surface area contributed by atoms with Gasteiger partial charge in [0.15, 0.2) is 0 Å². The Hall–Kier alpha value is -3.38. The van der Waals surface area contributed by atoms with Crippen LogP contribution in [0.1, 0.15) is 36.5 Å². The van der Waals surface area contributed by atoms with Gasteiger partial charge in [-0.15, -0.1) is 0 Å². The lowest BCUT2D eigenvalue weighted by atomic mass is 10.0. The van der Waals surface area contributed by atoms with E-state index in [-0.39, 0.29) is 31.1 Å². The molecule has 0 bridgehead atoms. The number of rotatable bonds is 7. The Kier molecular flexibility index (Phi) is 7.84. The number of carbonyl (C=O) groups is 1. The molecule has 4 rings (SSSR count). The van der Waals surface area contributed by atoms with E-state index >= 15 is 0 Å². The molecule has 0 saturated carbocycles. The quantitative estimate of drug-likeness (QED) is 0.485. The third-order valence-corrected chi connectivity index (χ3v) is 8.54. The average Bonchev–Trinajstić information content (AvgIpc) is 3.32. The van der Waals surface area contributed by atoms with E-state index in [4.69, 9.17) is 0 Å². The molecule has 0 spiro atoms. The van der Waals surface area contributed by atoms with Gasteiger partial charge in [0.25, 0.3) is 0 Å². The maximum Gasteiger partial charge on any atom is 0.416 e. The second-order valence-electron chi connectivity index (χ2n) is 9.55. The minimum Gasteiger partial charge on any atom is -0.351 e. The van der Waals surface area contributed by atoms with Crippen LogP contribution in [0.5, 0.6) is 0 Å². The standard InChI is InChI=1S/C26H30F3N5O3S/c1-18(2)20-6-4-19(5-7-20)16-31-24(35)23-17-33(25-30-12-13-32(25)3)14-15-34(23)38(36,37)22-10-8-21(9-11-22)26(27,28)29/h4-13,18,23H,14-17H2,1-3H3,(H,31,35)/t23-/m1/s1.